The second-order valence-corrected chi connectivity index (χ2v) is 4.07. The number of aromatic hydroxyl groups is 1. The van der Waals surface area contributed by atoms with Gasteiger partial charge in [-0.15, -0.1) is 11.6 Å². The average molecular weight is 214 g/mol. The molecule has 0 saturated heterocycles. The number of nitrogen functional groups attached to an aromatic ring is 1. The van der Waals surface area contributed by atoms with E-state index in [9.17, 15) is 5.11 Å². The van der Waals surface area contributed by atoms with Crippen LogP contribution in [0, 0.1) is 0 Å². The van der Waals surface area contributed by atoms with Gasteiger partial charge in [0.1, 0.15) is 0 Å². The smallest absolute Gasteiger partial charge is 0.172 e. The summed E-state index contributed by atoms with van der Waals surface area (Å²) >= 11 is 7.03. The van der Waals surface area contributed by atoms with Gasteiger partial charge in [-0.3, -0.25) is 0 Å². The molecule has 13 heavy (non-hydrogen) atoms. The highest BCUT2D eigenvalue weighted by atomic mass is 35.5. The molecule has 4 heteroatoms. The molecule has 2 rings (SSSR count). The summed E-state index contributed by atoms with van der Waals surface area (Å²) in [5.41, 5.74) is 7.44. The first-order valence-electron chi connectivity index (χ1n) is 3.78. The number of halogens is 1. The van der Waals surface area contributed by atoms with Crippen molar-refractivity contribution in [2.75, 3.05) is 5.73 Å². The van der Waals surface area contributed by atoms with Crippen LogP contribution >= 0.6 is 22.9 Å². The van der Waals surface area contributed by atoms with E-state index >= 15 is 0 Å². The predicted molar refractivity (Wildman–Crippen MR) is 57.5 cm³/mol. The van der Waals surface area contributed by atoms with Gasteiger partial charge in [0.2, 0.25) is 0 Å². The standard InChI is InChI=1S/C9H8ClNOS/c10-4-5-1-2-7(11)9-6(5)3-8(12)13-9/h1-3,12H,4,11H2. The Kier molecular flexibility index (Phi) is 2.06. The minimum atomic E-state index is 0.277. The lowest BCUT2D eigenvalue weighted by Gasteiger charge is -1.99. The number of hydrogen-bond acceptors (Lipinski definition) is 3. The van der Waals surface area contributed by atoms with E-state index in [1.54, 1.807) is 6.07 Å². The average Bonchev–Trinajstić information content (AvgIpc) is 2.48. The van der Waals surface area contributed by atoms with E-state index in [0.717, 1.165) is 15.6 Å². The van der Waals surface area contributed by atoms with Crippen molar-refractivity contribution in [1.82, 2.24) is 0 Å². The summed E-state index contributed by atoms with van der Waals surface area (Å²) < 4.78 is 0.913. The van der Waals surface area contributed by atoms with Gasteiger partial charge in [0.05, 0.1) is 4.70 Å². The number of fused-ring (bicyclic) bond motifs is 1. The molecular weight excluding hydrogens is 206 g/mol. The summed E-state index contributed by atoms with van der Waals surface area (Å²) in [5.74, 6) is 0.437. The summed E-state index contributed by atoms with van der Waals surface area (Å²) in [6, 6.07) is 5.40. The fraction of sp³-hybridized carbons (Fsp3) is 0.111. The van der Waals surface area contributed by atoms with Crippen LogP contribution in [-0.4, -0.2) is 5.11 Å². The van der Waals surface area contributed by atoms with Gasteiger partial charge in [0, 0.05) is 17.0 Å². The highest BCUT2D eigenvalue weighted by molar-refractivity contribution is 7.21. The van der Waals surface area contributed by atoms with Gasteiger partial charge in [-0.05, 0) is 17.7 Å². The Balaban J connectivity index is 2.83. The lowest BCUT2D eigenvalue weighted by atomic mass is 10.1. The number of hydrogen-bond donors (Lipinski definition) is 2. The molecule has 0 aliphatic rings. The maximum Gasteiger partial charge on any atom is 0.172 e. The number of nitrogens with two attached hydrogens (primary N) is 1. The lowest BCUT2D eigenvalue weighted by Crippen LogP contribution is -1.86. The van der Waals surface area contributed by atoms with Crippen LogP contribution in [0.3, 0.4) is 0 Å². The highest BCUT2D eigenvalue weighted by Crippen LogP contribution is 2.36. The lowest BCUT2D eigenvalue weighted by molar-refractivity contribution is 0.491. The monoisotopic (exact) mass is 213 g/mol. The van der Waals surface area contributed by atoms with Crippen LogP contribution < -0.4 is 5.73 Å². The molecule has 2 nitrogen and oxygen atoms in total. The van der Waals surface area contributed by atoms with E-state index in [-0.39, 0.29) is 5.06 Å². The summed E-state index contributed by atoms with van der Waals surface area (Å²) in [6.45, 7) is 0. The van der Waals surface area contributed by atoms with Crippen LogP contribution in [0.1, 0.15) is 5.56 Å². The van der Waals surface area contributed by atoms with E-state index in [4.69, 9.17) is 17.3 Å². The Morgan fingerprint density at radius 1 is 1.46 bits per heavy atom. The van der Waals surface area contributed by atoms with Crippen molar-refractivity contribution in [3.63, 3.8) is 0 Å². The zero-order valence-corrected chi connectivity index (χ0v) is 8.32. The molecular formula is C9H8ClNOS. The van der Waals surface area contributed by atoms with Crippen molar-refractivity contribution >= 4 is 38.7 Å². The fourth-order valence-electron chi connectivity index (χ4n) is 1.30. The minimum Gasteiger partial charge on any atom is -0.499 e. The van der Waals surface area contributed by atoms with Gasteiger partial charge in [-0.25, -0.2) is 0 Å². The van der Waals surface area contributed by atoms with E-state index in [1.807, 2.05) is 12.1 Å². The second-order valence-electron chi connectivity index (χ2n) is 2.77. The number of benzene rings is 1. The normalized spacial score (nSPS) is 10.8. The molecule has 0 unspecified atom stereocenters. The van der Waals surface area contributed by atoms with Gasteiger partial charge in [0.15, 0.2) is 5.06 Å². The number of rotatable bonds is 1. The second kappa shape index (κ2) is 3.09. The SMILES string of the molecule is Nc1ccc(CCl)c2cc(O)sc12. The first-order chi connectivity index (χ1) is 6.22. The Morgan fingerprint density at radius 2 is 2.23 bits per heavy atom. The molecule has 2 aromatic rings. The van der Waals surface area contributed by atoms with Crippen LogP contribution in [0.2, 0.25) is 0 Å². The van der Waals surface area contributed by atoms with Crippen LogP contribution in [0.5, 0.6) is 5.06 Å². The van der Waals surface area contributed by atoms with E-state index < -0.39 is 0 Å². The minimum absolute atomic E-state index is 0.277. The molecule has 1 heterocycles. The quantitative estimate of drug-likeness (QED) is 0.565. The molecule has 1 aromatic heterocycles. The Labute approximate surface area is 84.6 Å². The van der Waals surface area contributed by atoms with Crippen LogP contribution in [0.15, 0.2) is 18.2 Å². The Bertz CT molecular complexity index is 452. The van der Waals surface area contributed by atoms with Gasteiger partial charge >= 0.3 is 0 Å². The first-order valence-corrected chi connectivity index (χ1v) is 5.13. The Hall–Kier alpha value is -0.930. The van der Waals surface area contributed by atoms with Gasteiger partial charge in [-0.1, -0.05) is 17.4 Å². The van der Waals surface area contributed by atoms with Crippen LogP contribution in [0.4, 0.5) is 5.69 Å². The van der Waals surface area contributed by atoms with Crippen molar-refractivity contribution in [2.45, 2.75) is 5.88 Å². The molecule has 0 radical (unpaired) electrons. The predicted octanol–water partition coefficient (Wildman–Crippen LogP) is 2.93. The van der Waals surface area contributed by atoms with Crippen molar-refractivity contribution in [2.24, 2.45) is 0 Å². The highest BCUT2D eigenvalue weighted by Gasteiger charge is 2.07. The molecule has 0 bridgehead atoms. The maximum atomic E-state index is 9.32. The third kappa shape index (κ3) is 1.34. The van der Waals surface area contributed by atoms with Gasteiger partial charge < -0.3 is 10.8 Å². The first kappa shape index (κ1) is 8.66. The summed E-state index contributed by atoms with van der Waals surface area (Å²) in [5, 5.41) is 10.6. The largest absolute Gasteiger partial charge is 0.499 e. The molecule has 68 valence electrons. The van der Waals surface area contributed by atoms with Crippen LogP contribution in [0.25, 0.3) is 10.1 Å². The van der Waals surface area contributed by atoms with Gasteiger partial charge in [0.25, 0.3) is 0 Å². The zero-order valence-electron chi connectivity index (χ0n) is 6.75. The summed E-state index contributed by atoms with van der Waals surface area (Å²) in [4.78, 5) is 0. The summed E-state index contributed by atoms with van der Waals surface area (Å²) in [6.07, 6.45) is 0. The molecule has 0 amide bonds. The molecule has 0 aliphatic carbocycles. The maximum absolute atomic E-state index is 9.32. The van der Waals surface area contributed by atoms with E-state index in [1.165, 1.54) is 11.3 Å². The Morgan fingerprint density at radius 3 is 2.92 bits per heavy atom. The third-order valence-electron chi connectivity index (χ3n) is 1.94. The zero-order chi connectivity index (χ0) is 9.42. The number of alkyl halides is 1. The molecule has 0 fully saturated rings. The molecule has 0 spiro atoms. The van der Waals surface area contributed by atoms with Crippen molar-refractivity contribution < 1.29 is 5.11 Å². The summed E-state index contributed by atoms with van der Waals surface area (Å²) in [7, 11) is 0. The fourth-order valence-corrected chi connectivity index (χ4v) is 2.41. The molecule has 0 atom stereocenters. The topological polar surface area (TPSA) is 46.2 Å². The molecule has 1 aromatic carbocycles. The molecule has 0 aliphatic heterocycles. The number of anilines is 1. The molecule has 0 saturated carbocycles. The van der Waals surface area contributed by atoms with E-state index in [2.05, 4.69) is 0 Å². The van der Waals surface area contributed by atoms with Gasteiger partial charge in [-0.2, -0.15) is 0 Å². The van der Waals surface area contributed by atoms with Crippen LogP contribution in [-0.2, 0) is 5.88 Å². The van der Waals surface area contributed by atoms with Crippen molar-refractivity contribution in [3.05, 3.63) is 23.8 Å². The van der Waals surface area contributed by atoms with Crippen molar-refractivity contribution in [1.29, 1.82) is 0 Å². The molecule has 3 N–H and O–H groups in total. The van der Waals surface area contributed by atoms with E-state index in [0.29, 0.717) is 11.6 Å². The van der Waals surface area contributed by atoms with Crippen molar-refractivity contribution in [3.8, 4) is 5.06 Å². The number of thiophene rings is 1. The third-order valence-corrected chi connectivity index (χ3v) is 3.21.